The third-order valence-corrected chi connectivity index (χ3v) is 12.7. The lowest BCUT2D eigenvalue weighted by Crippen LogP contribution is -2.32. The van der Waals surface area contributed by atoms with Gasteiger partial charge in [0.1, 0.15) is 11.5 Å². The Hall–Kier alpha value is -6.64. The Morgan fingerprint density at radius 2 is 0.857 bits per heavy atom. The van der Waals surface area contributed by atoms with E-state index in [9.17, 15) is 0 Å². The summed E-state index contributed by atoms with van der Waals surface area (Å²) in [6.45, 7) is 9.27. The molecule has 3 aliphatic rings. The summed E-state index contributed by atoms with van der Waals surface area (Å²) >= 11 is 0. The van der Waals surface area contributed by atoms with Crippen molar-refractivity contribution in [1.82, 2.24) is 0 Å². The van der Waals surface area contributed by atoms with Crippen molar-refractivity contribution in [2.45, 2.75) is 38.5 Å². The number of benzene rings is 8. The van der Waals surface area contributed by atoms with Crippen molar-refractivity contribution in [3.63, 3.8) is 0 Å². The maximum Gasteiger partial charge on any atom is 0.132 e. The number of nitrogens with zero attached hydrogens (tertiary/aromatic N) is 1. The van der Waals surface area contributed by atoms with Crippen molar-refractivity contribution < 1.29 is 4.74 Å². The van der Waals surface area contributed by atoms with E-state index in [1.165, 1.54) is 83.6 Å². The van der Waals surface area contributed by atoms with E-state index in [0.29, 0.717) is 0 Å². The number of anilines is 3. The highest BCUT2D eigenvalue weighted by Gasteiger charge is 2.51. The van der Waals surface area contributed by atoms with Crippen molar-refractivity contribution in [1.29, 1.82) is 0 Å². The molecule has 56 heavy (non-hydrogen) atoms. The lowest BCUT2D eigenvalue weighted by molar-refractivity contribution is 0.436. The van der Waals surface area contributed by atoms with Gasteiger partial charge in [-0.1, -0.05) is 141 Å². The van der Waals surface area contributed by atoms with E-state index in [4.69, 9.17) is 4.74 Å². The van der Waals surface area contributed by atoms with Crippen LogP contribution in [0.15, 0.2) is 176 Å². The second-order valence-corrected chi connectivity index (χ2v) is 16.2. The number of para-hydroxylation sites is 2. The molecule has 0 saturated carbocycles. The Kier molecular flexibility index (Phi) is 6.98. The zero-order valence-electron chi connectivity index (χ0n) is 32.1. The van der Waals surface area contributed by atoms with Gasteiger partial charge in [0.15, 0.2) is 0 Å². The van der Waals surface area contributed by atoms with Gasteiger partial charge < -0.3 is 9.64 Å². The van der Waals surface area contributed by atoms with Crippen LogP contribution < -0.4 is 9.64 Å². The van der Waals surface area contributed by atoms with Gasteiger partial charge in [-0.25, -0.2) is 0 Å². The third-order valence-electron chi connectivity index (χ3n) is 12.7. The number of ether oxygens (including phenoxy) is 1. The number of rotatable bonds is 4. The van der Waals surface area contributed by atoms with Crippen LogP contribution in [0, 0.1) is 13.8 Å². The van der Waals surface area contributed by atoms with Gasteiger partial charge in [0.25, 0.3) is 0 Å². The van der Waals surface area contributed by atoms with E-state index in [-0.39, 0.29) is 5.41 Å². The Labute approximate surface area is 329 Å². The van der Waals surface area contributed by atoms with Crippen LogP contribution in [0.2, 0.25) is 0 Å². The van der Waals surface area contributed by atoms with E-state index in [0.717, 1.165) is 22.9 Å². The molecule has 0 N–H and O–H groups in total. The van der Waals surface area contributed by atoms with Crippen molar-refractivity contribution in [2.75, 3.05) is 4.90 Å². The van der Waals surface area contributed by atoms with E-state index in [1.807, 2.05) is 0 Å². The monoisotopic (exact) mass is 719 g/mol. The van der Waals surface area contributed by atoms with Gasteiger partial charge in [-0.3, -0.25) is 0 Å². The minimum absolute atomic E-state index is 0.131. The first-order valence-corrected chi connectivity index (χ1v) is 19.7. The Balaban J connectivity index is 1.19. The highest BCUT2D eigenvalue weighted by Crippen LogP contribution is 2.63. The highest BCUT2D eigenvalue weighted by molar-refractivity contribution is 5.93. The van der Waals surface area contributed by atoms with Gasteiger partial charge in [0, 0.05) is 27.9 Å². The van der Waals surface area contributed by atoms with Crippen LogP contribution in [0.4, 0.5) is 17.1 Å². The van der Waals surface area contributed by atoms with Gasteiger partial charge >= 0.3 is 0 Å². The number of fused-ring (bicyclic) bond motifs is 12. The fourth-order valence-corrected chi connectivity index (χ4v) is 10.3. The molecule has 2 heteroatoms. The first-order chi connectivity index (χ1) is 27.4. The molecular formula is C54H41NO. The van der Waals surface area contributed by atoms with Crippen molar-refractivity contribution in [3.05, 3.63) is 220 Å². The van der Waals surface area contributed by atoms with Crippen LogP contribution in [0.3, 0.4) is 0 Å². The minimum Gasteiger partial charge on any atom is -0.457 e. The van der Waals surface area contributed by atoms with Crippen LogP contribution in [0.1, 0.15) is 58.4 Å². The van der Waals surface area contributed by atoms with Crippen LogP contribution in [0.25, 0.3) is 33.4 Å². The highest BCUT2D eigenvalue weighted by atomic mass is 16.5. The molecule has 11 rings (SSSR count). The van der Waals surface area contributed by atoms with Gasteiger partial charge in [-0.2, -0.15) is 0 Å². The van der Waals surface area contributed by atoms with Gasteiger partial charge in [-0.05, 0) is 129 Å². The first-order valence-electron chi connectivity index (χ1n) is 19.7. The molecule has 0 fully saturated rings. The summed E-state index contributed by atoms with van der Waals surface area (Å²) in [6, 6.07) is 64.9. The molecule has 0 amide bonds. The molecule has 0 atom stereocenters. The summed E-state index contributed by atoms with van der Waals surface area (Å²) in [7, 11) is 0. The van der Waals surface area contributed by atoms with Crippen molar-refractivity contribution in [3.8, 4) is 44.9 Å². The van der Waals surface area contributed by atoms with Gasteiger partial charge in [-0.15, -0.1) is 0 Å². The molecule has 1 heterocycles. The van der Waals surface area contributed by atoms with Crippen LogP contribution >= 0.6 is 0 Å². The number of aryl methyl sites for hydroxylation is 2. The van der Waals surface area contributed by atoms with Crippen LogP contribution in [-0.2, 0) is 10.8 Å². The molecule has 268 valence electrons. The predicted molar refractivity (Wildman–Crippen MR) is 231 cm³/mol. The molecule has 1 aliphatic heterocycles. The molecule has 2 nitrogen and oxygen atoms in total. The largest absolute Gasteiger partial charge is 0.457 e. The number of hydrogen-bond donors (Lipinski definition) is 0. The molecule has 0 radical (unpaired) electrons. The molecule has 0 unspecified atom stereocenters. The van der Waals surface area contributed by atoms with Gasteiger partial charge in [0.2, 0.25) is 0 Å². The van der Waals surface area contributed by atoms with Crippen molar-refractivity contribution >= 4 is 17.1 Å². The Morgan fingerprint density at radius 1 is 0.393 bits per heavy atom. The van der Waals surface area contributed by atoms with Crippen molar-refractivity contribution in [2.24, 2.45) is 0 Å². The number of hydrogen-bond acceptors (Lipinski definition) is 2. The zero-order valence-corrected chi connectivity index (χ0v) is 32.1. The molecule has 0 saturated heterocycles. The fraction of sp³-hybridized carbons (Fsp3) is 0.111. The average molecular weight is 720 g/mol. The van der Waals surface area contributed by atoms with Crippen LogP contribution in [-0.4, -0.2) is 0 Å². The summed E-state index contributed by atoms with van der Waals surface area (Å²) in [4.78, 5) is 2.52. The normalized spacial score (nSPS) is 14.5. The minimum atomic E-state index is -0.554. The fourth-order valence-electron chi connectivity index (χ4n) is 10.3. The average Bonchev–Trinajstić information content (AvgIpc) is 3.64. The summed E-state index contributed by atoms with van der Waals surface area (Å²) < 4.78 is 6.67. The smallest absolute Gasteiger partial charge is 0.132 e. The molecule has 8 aromatic rings. The molecular weight excluding hydrogens is 679 g/mol. The molecule has 2 aliphatic carbocycles. The first kappa shape index (κ1) is 32.8. The molecule has 1 spiro atoms. The SMILES string of the molecule is Cc1cc(-c2ccccc2)cc(C)c1N(c1ccc2c(c1)C(C)(C)c1ccccc1-2)c1ccc2c(c1)C1(c3ccccc3Oc3ccccc31)c1ccccc1-2. The maximum absolute atomic E-state index is 6.67. The van der Waals surface area contributed by atoms with E-state index < -0.39 is 5.41 Å². The summed E-state index contributed by atoms with van der Waals surface area (Å²) in [6.07, 6.45) is 0. The van der Waals surface area contributed by atoms with E-state index >= 15 is 0 Å². The van der Waals surface area contributed by atoms with Gasteiger partial charge in [0.05, 0.1) is 11.1 Å². The van der Waals surface area contributed by atoms with E-state index in [2.05, 4.69) is 209 Å². The van der Waals surface area contributed by atoms with Crippen LogP contribution in [0.5, 0.6) is 11.5 Å². The quantitative estimate of drug-likeness (QED) is 0.180. The summed E-state index contributed by atoms with van der Waals surface area (Å²) in [5.74, 6) is 1.81. The zero-order chi connectivity index (χ0) is 37.8. The molecule has 0 bridgehead atoms. The third kappa shape index (κ3) is 4.44. The lowest BCUT2D eigenvalue weighted by Gasteiger charge is -2.39. The Morgan fingerprint density at radius 3 is 1.48 bits per heavy atom. The topological polar surface area (TPSA) is 12.5 Å². The summed E-state index contributed by atoms with van der Waals surface area (Å²) in [5, 5.41) is 0. The Bertz CT molecular complexity index is 2830. The lowest BCUT2D eigenvalue weighted by atomic mass is 9.66. The maximum atomic E-state index is 6.67. The standard InChI is InChI=1S/C54H41NO/c1-34-30-37(36-16-6-5-7-17-36)31-35(2)52(34)55(38-26-28-42-40-18-8-10-20-44(40)53(3,4)48(42)32-38)39-27-29-43-41-19-9-11-21-45(41)54(49(43)33-39)46-22-12-14-24-50(46)56-51-25-15-13-23-47(51)54/h5-33H,1-4H3. The summed E-state index contributed by atoms with van der Waals surface area (Å²) in [5.41, 5.74) is 20.5. The predicted octanol–water partition coefficient (Wildman–Crippen LogP) is 14.2. The molecule has 0 aromatic heterocycles. The molecule has 8 aromatic carbocycles. The second-order valence-electron chi connectivity index (χ2n) is 16.2. The second kappa shape index (κ2) is 11.9. The van der Waals surface area contributed by atoms with E-state index in [1.54, 1.807) is 0 Å².